The lowest BCUT2D eigenvalue weighted by Crippen LogP contribution is -2.39. The van der Waals surface area contributed by atoms with Crippen molar-refractivity contribution in [2.75, 3.05) is 18.4 Å². The largest absolute Gasteiger partial charge is 0.357 e. The molecular weight excluding hydrogens is 317 g/mol. The smallest absolute Gasteiger partial charge is 0.133 e. The molecule has 0 amide bonds. The second-order valence-electron chi connectivity index (χ2n) is 7.11. The zero-order valence-corrected chi connectivity index (χ0v) is 13.9. The Labute approximate surface area is 145 Å². The summed E-state index contributed by atoms with van der Waals surface area (Å²) in [6, 6.07) is 3.76. The molecule has 5 rings (SSSR count). The highest BCUT2D eigenvalue weighted by atomic mass is 19.1. The molecule has 3 aliphatic rings. The van der Waals surface area contributed by atoms with Crippen LogP contribution in [-0.2, 0) is 0 Å². The average molecular weight is 337 g/mol. The van der Waals surface area contributed by atoms with E-state index in [0.29, 0.717) is 17.2 Å². The molecule has 6 heteroatoms. The minimum Gasteiger partial charge on any atom is -0.357 e. The van der Waals surface area contributed by atoms with E-state index >= 15 is 0 Å². The zero-order valence-electron chi connectivity index (χ0n) is 13.9. The Balaban J connectivity index is 1.56. The van der Waals surface area contributed by atoms with Crippen LogP contribution < -0.4 is 11.1 Å². The van der Waals surface area contributed by atoms with E-state index in [0.717, 1.165) is 30.0 Å². The fourth-order valence-electron chi connectivity index (χ4n) is 4.13. The Hall–Kier alpha value is -2.31. The van der Waals surface area contributed by atoms with E-state index in [2.05, 4.69) is 20.2 Å². The number of fused-ring (bicyclic) bond motifs is 1. The van der Waals surface area contributed by atoms with E-state index in [1.807, 2.05) is 0 Å². The van der Waals surface area contributed by atoms with Crippen LogP contribution in [0.4, 0.5) is 10.1 Å². The summed E-state index contributed by atoms with van der Waals surface area (Å²) in [7, 11) is 0. The Morgan fingerprint density at radius 3 is 2.68 bits per heavy atom. The van der Waals surface area contributed by atoms with Gasteiger partial charge in [0, 0.05) is 48.3 Å². The number of nitrogens with zero attached hydrogens (tertiary/aromatic N) is 3. The van der Waals surface area contributed by atoms with Crippen LogP contribution in [0, 0.1) is 5.82 Å². The predicted octanol–water partition coefficient (Wildman–Crippen LogP) is 2.83. The van der Waals surface area contributed by atoms with Gasteiger partial charge in [-0.05, 0) is 30.0 Å². The molecule has 1 atom stereocenters. The van der Waals surface area contributed by atoms with Gasteiger partial charge in [-0.3, -0.25) is 4.90 Å². The Kier molecular flexibility index (Phi) is 3.36. The maximum absolute atomic E-state index is 14.6. The number of halogens is 1. The van der Waals surface area contributed by atoms with Gasteiger partial charge in [0.2, 0.25) is 0 Å². The van der Waals surface area contributed by atoms with Crippen molar-refractivity contribution in [2.24, 2.45) is 5.73 Å². The van der Waals surface area contributed by atoms with Crippen molar-refractivity contribution >= 4 is 5.69 Å². The molecule has 0 radical (unpaired) electrons. The second-order valence-corrected chi connectivity index (χ2v) is 7.11. The monoisotopic (exact) mass is 337 g/mol. The van der Waals surface area contributed by atoms with Gasteiger partial charge in [-0.15, -0.1) is 0 Å². The summed E-state index contributed by atoms with van der Waals surface area (Å²) in [4.78, 5) is 10.6. The first-order valence-corrected chi connectivity index (χ1v) is 8.78. The van der Waals surface area contributed by atoms with Crippen LogP contribution in [-0.4, -0.2) is 34.0 Å². The second kappa shape index (κ2) is 5.61. The number of nitrogens with one attached hydrogen (secondary N) is 1. The fourth-order valence-corrected chi connectivity index (χ4v) is 4.13. The van der Waals surface area contributed by atoms with Crippen molar-refractivity contribution in [3.63, 3.8) is 0 Å². The minimum absolute atomic E-state index is 0.194. The number of benzene rings is 1. The van der Waals surface area contributed by atoms with Gasteiger partial charge in [-0.1, -0.05) is 12.5 Å². The number of hydrogen-bond acceptors (Lipinski definition) is 5. The van der Waals surface area contributed by atoms with Gasteiger partial charge in [0.05, 0.1) is 11.7 Å². The van der Waals surface area contributed by atoms with Gasteiger partial charge in [-0.2, -0.15) is 0 Å². The molecule has 1 aromatic heterocycles. The van der Waals surface area contributed by atoms with Crippen LogP contribution in [0.25, 0.3) is 11.1 Å². The van der Waals surface area contributed by atoms with Crippen molar-refractivity contribution < 1.29 is 4.39 Å². The molecule has 5 nitrogen and oxygen atoms in total. The Bertz CT molecular complexity index is 860. The summed E-state index contributed by atoms with van der Waals surface area (Å²) < 4.78 is 14.6. The van der Waals surface area contributed by atoms with E-state index < -0.39 is 0 Å². The highest BCUT2D eigenvalue weighted by Crippen LogP contribution is 2.44. The van der Waals surface area contributed by atoms with Crippen LogP contribution in [0.1, 0.15) is 30.9 Å². The zero-order chi connectivity index (χ0) is 17.0. The van der Waals surface area contributed by atoms with Crippen LogP contribution >= 0.6 is 0 Å². The third-order valence-electron chi connectivity index (χ3n) is 5.74. The lowest BCUT2D eigenvalue weighted by molar-refractivity contribution is 0.161. The third-order valence-corrected chi connectivity index (χ3v) is 5.74. The molecule has 3 heterocycles. The van der Waals surface area contributed by atoms with Crippen LogP contribution in [0.15, 0.2) is 42.1 Å². The number of nitrogens with two attached hydrogens (primary N) is 1. The quantitative estimate of drug-likeness (QED) is 0.882. The van der Waals surface area contributed by atoms with E-state index in [1.54, 1.807) is 18.5 Å². The molecule has 2 aliphatic heterocycles. The van der Waals surface area contributed by atoms with E-state index in [1.165, 1.54) is 37.2 Å². The lowest BCUT2D eigenvalue weighted by Gasteiger charge is -2.34. The molecule has 3 N–H and O–H groups in total. The number of anilines is 1. The Morgan fingerprint density at radius 2 is 1.96 bits per heavy atom. The summed E-state index contributed by atoms with van der Waals surface area (Å²) in [5.74, 6) is -0.286. The van der Waals surface area contributed by atoms with Gasteiger partial charge in [0.25, 0.3) is 0 Å². The van der Waals surface area contributed by atoms with Gasteiger partial charge >= 0.3 is 0 Å². The van der Waals surface area contributed by atoms with Gasteiger partial charge in [0.15, 0.2) is 0 Å². The van der Waals surface area contributed by atoms with Crippen molar-refractivity contribution in [3.8, 4) is 11.1 Å². The SMILES string of the molecule is NC1C2=C(CN(C3CCC3)C2)Nc2c1ccc(F)c2-c1cncnc1. The molecule has 25 heavy (non-hydrogen) atoms. The maximum Gasteiger partial charge on any atom is 0.133 e. The van der Waals surface area contributed by atoms with Crippen molar-refractivity contribution in [3.05, 3.63) is 53.5 Å². The first-order valence-electron chi connectivity index (χ1n) is 8.78. The Morgan fingerprint density at radius 1 is 1.16 bits per heavy atom. The van der Waals surface area contributed by atoms with Gasteiger partial charge in [0.1, 0.15) is 12.1 Å². The molecule has 1 saturated carbocycles. The van der Waals surface area contributed by atoms with E-state index in [4.69, 9.17) is 5.73 Å². The highest BCUT2D eigenvalue weighted by molar-refractivity contribution is 5.83. The van der Waals surface area contributed by atoms with Gasteiger partial charge < -0.3 is 11.1 Å². The normalized spacial score (nSPS) is 23.0. The summed E-state index contributed by atoms with van der Waals surface area (Å²) in [6.45, 7) is 1.78. The molecular formula is C19H20FN5. The number of hydrogen-bond donors (Lipinski definition) is 2. The fraction of sp³-hybridized carbons (Fsp3) is 0.368. The standard InChI is InChI=1S/C19H20FN5/c20-15-5-4-13-18(21)14-8-25(12-2-1-3-12)9-16(14)24-19(13)17(15)11-6-22-10-23-7-11/h4-7,10,12,18,24H,1-3,8-9,21H2. The van der Waals surface area contributed by atoms with E-state index in [-0.39, 0.29) is 11.9 Å². The molecule has 0 saturated heterocycles. The van der Waals surface area contributed by atoms with Gasteiger partial charge in [-0.25, -0.2) is 14.4 Å². The summed E-state index contributed by atoms with van der Waals surface area (Å²) in [5, 5.41) is 3.49. The molecule has 1 unspecified atom stereocenters. The molecule has 0 spiro atoms. The molecule has 1 aliphatic carbocycles. The molecule has 0 bridgehead atoms. The molecule has 2 aromatic rings. The topological polar surface area (TPSA) is 67.1 Å². The summed E-state index contributed by atoms with van der Waals surface area (Å²) >= 11 is 0. The lowest BCUT2D eigenvalue weighted by atomic mass is 9.89. The van der Waals surface area contributed by atoms with Crippen molar-refractivity contribution in [2.45, 2.75) is 31.3 Å². The predicted molar refractivity (Wildman–Crippen MR) is 94.2 cm³/mol. The molecule has 1 aromatic carbocycles. The van der Waals surface area contributed by atoms with Crippen LogP contribution in [0.3, 0.4) is 0 Å². The number of aromatic nitrogens is 2. The maximum atomic E-state index is 14.6. The number of rotatable bonds is 2. The molecule has 1 fully saturated rings. The minimum atomic E-state index is -0.286. The molecule has 128 valence electrons. The summed E-state index contributed by atoms with van der Waals surface area (Å²) in [5.41, 5.74) is 11.8. The highest BCUT2D eigenvalue weighted by Gasteiger charge is 2.37. The summed E-state index contributed by atoms with van der Waals surface area (Å²) in [6.07, 6.45) is 8.57. The van der Waals surface area contributed by atoms with E-state index in [9.17, 15) is 4.39 Å². The average Bonchev–Trinajstić information content (AvgIpc) is 2.97. The van der Waals surface area contributed by atoms with Crippen LogP contribution in [0.2, 0.25) is 0 Å². The van der Waals surface area contributed by atoms with Crippen molar-refractivity contribution in [1.82, 2.24) is 14.9 Å². The third kappa shape index (κ3) is 2.28. The first kappa shape index (κ1) is 15.0. The van der Waals surface area contributed by atoms with Crippen LogP contribution in [0.5, 0.6) is 0 Å². The van der Waals surface area contributed by atoms with Crippen molar-refractivity contribution in [1.29, 1.82) is 0 Å². The first-order chi connectivity index (χ1) is 12.2.